The van der Waals surface area contributed by atoms with Crippen LogP contribution in [0, 0.1) is 0 Å². The lowest BCUT2D eigenvalue weighted by Crippen LogP contribution is -2.36. The summed E-state index contributed by atoms with van der Waals surface area (Å²) in [6.07, 6.45) is 0. The van der Waals surface area contributed by atoms with E-state index in [9.17, 15) is 4.79 Å². The highest BCUT2D eigenvalue weighted by Gasteiger charge is 2.12. The van der Waals surface area contributed by atoms with Gasteiger partial charge in [-0.25, -0.2) is 0 Å². The zero-order valence-corrected chi connectivity index (χ0v) is 9.15. The van der Waals surface area contributed by atoms with Crippen molar-refractivity contribution < 1.29 is 9.53 Å². The zero-order valence-electron chi connectivity index (χ0n) is 7.64. The fourth-order valence-corrected chi connectivity index (χ4v) is 0.794. The Morgan fingerprint density at radius 2 is 2.31 bits per heavy atom. The molecule has 0 aromatic heterocycles. The molecule has 0 amide bonds. The Morgan fingerprint density at radius 1 is 1.69 bits per heavy atom. The highest BCUT2D eigenvalue weighted by molar-refractivity contribution is 6.36. The van der Waals surface area contributed by atoms with E-state index in [1.165, 1.54) is 5.54 Å². The number of nitrogens with one attached hydrogen (secondary N) is 1. The quantitative estimate of drug-likeness (QED) is 0.727. The summed E-state index contributed by atoms with van der Waals surface area (Å²) in [5.74, 6) is -0.290. The first-order valence-electron chi connectivity index (χ1n) is 3.96. The van der Waals surface area contributed by atoms with E-state index < -0.39 is 0 Å². The predicted octanol–water partition coefficient (Wildman–Crippen LogP) is 1.85. The molecular weight excluding hydrogens is 213 g/mol. The number of esters is 1. The molecule has 0 aliphatic rings. The molecule has 1 atom stereocenters. The Hall–Kier alpha value is -0.250. The van der Waals surface area contributed by atoms with Gasteiger partial charge in [0.15, 0.2) is 0 Å². The third kappa shape index (κ3) is 5.91. The molecular formula is C8H13Cl2NO2. The fourth-order valence-electron chi connectivity index (χ4n) is 0.640. The number of rotatable bonds is 5. The molecule has 13 heavy (non-hydrogen) atoms. The van der Waals surface area contributed by atoms with Crippen molar-refractivity contribution in [2.24, 2.45) is 0 Å². The van der Waals surface area contributed by atoms with Crippen molar-refractivity contribution in [3.8, 4) is 0 Å². The van der Waals surface area contributed by atoms with Gasteiger partial charge in [-0.3, -0.25) is 10.1 Å². The fraction of sp³-hybridized carbons (Fsp3) is 0.625. The van der Waals surface area contributed by atoms with Crippen LogP contribution in [0.15, 0.2) is 10.6 Å². The van der Waals surface area contributed by atoms with E-state index in [-0.39, 0.29) is 12.0 Å². The second-order valence-electron chi connectivity index (χ2n) is 2.41. The largest absolute Gasteiger partial charge is 0.465 e. The van der Waals surface area contributed by atoms with Crippen molar-refractivity contribution in [3.63, 3.8) is 0 Å². The van der Waals surface area contributed by atoms with Crippen LogP contribution in [-0.2, 0) is 9.53 Å². The van der Waals surface area contributed by atoms with E-state index in [0.717, 1.165) is 0 Å². The number of carbonyl (C=O) groups is 1. The second kappa shape index (κ2) is 7.18. The summed E-state index contributed by atoms with van der Waals surface area (Å²) in [6.45, 7) is 4.21. The summed E-state index contributed by atoms with van der Waals surface area (Å²) in [6, 6.07) is -0.370. The van der Waals surface area contributed by atoms with Crippen LogP contribution in [0.1, 0.15) is 13.8 Å². The van der Waals surface area contributed by atoms with Gasteiger partial charge in [0.25, 0.3) is 0 Å². The summed E-state index contributed by atoms with van der Waals surface area (Å²) in [5.41, 5.74) is 1.26. The molecule has 0 saturated heterocycles. The molecule has 0 saturated carbocycles. The topological polar surface area (TPSA) is 38.3 Å². The number of carbonyl (C=O) groups excluding carboxylic acids is 1. The first-order chi connectivity index (χ1) is 6.11. The summed E-state index contributed by atoms with van der Waals surface area (Å²) in [7, 11) is 0. The van der Waals surface area contributed by atoms with Crippen LogP contribution in [-0.4, -0.2) is 25.2 Å². The molecule has 76 valence electrons. The Balaban J connectivity index is 3.73. The average molecular weight is 226 g/mol. The Labute approximate surface area is 88.0 Å². The third-order valence-corrected chi connectivity index (χ3v) is 1.95. The average Bonchev–Trinajstić information content (AvgIpc) is 2.13. The van der Waals surface area contributed by atoms with Crippen molar-refractivity contribution >= 4 is 29.2 Å². The van der Waals surface area contributed by atoms with Gasteiger partial charge in [0.2, 0.25) is 0 Å². The molecule has 1 N–H and O–H groups in total. The molecule has 0 aromatic carbocycles. The molecule has 0 aliphatic heterocycles. The third-order valence-electron chi connectivity index (χ3n) is 1.34. The van der Waals surface area contributed by atoms with Gasteiger partial charge in [-0.1, -0.05) is 23.2 Å². The Morgan fingerprint density at radius 3 is 2.77 bits per heavy atom. The van der Waals surface area contributed by atoms with Crippen molar-refractivity contribution in [2.75, 3.05) is 13.2 Å². The molecule has 0 fully saturated rings. The maximum atomic E-state index is 11.1. The van der Waals surface area contributed by atoms with Crippen LogP contribution < -0.4 is 5.32 Å². The molecule has 0 heterocycles. The van der Waals surface area contributed by atoms with Gasteiger partial charge in [0.05, 0.1) is 6.61 Å². The molecule has 3 nitrogen and oxygen atoms in total. The lowest BCUT2D eigenvalue weighted by molar-refractivity contribution is -0.145. The van der Waals surface area contributed by atoms with Crippen LogP contribution >= 0.6 is 23.2 Å². The SMILES string of the molecule is CCOC(=O)C(C)NCC(Cl)=CCl. The van der Waals surface area contributed by atoms with Crippen molar-refractivity contribution in [1.29, 1.82) is 0 Å². The summed E-state index contributed by atoms with van der Waals surface area (Å²) in [5, 5.41) is 3.31. The van der Waals surface area contributed by atoms with Crippen LogP contribution in [0.3, 0.4) is 0 Å². The molecule has 0 rings (SSSR count). The normalized spacial score (nSPS) is 14.0. The minimum Gasteiger partial charge on any atom is -0.465 e. The van der Waals surface area contributed by atoms with E-state index >= 15 is 0 Å². The molecule has 0 radical (unpaired) electrons. The monoisotopic (exact) mass is 225 g/mol. The molecule has 0 bridgehead atoms. The lowest BCUT2D eigenvalue weighted by atomic mass is 10.3. The van der Waals surface area contributed by atoms with Gasteiger partial charge in [-0.15, -0.1) is 0 Å². The highest BCUT2D eigenvalue weighted by Crippen LogP contribution is 2.01. The first kappa shape index (κ1) is 12.8. The maximum absolute atomic E-state index is 11.1. The molecule has 1 unspecified atom stereocenters. The molecule has 5 heteroatoms. The smallest absolute Gasteiger partial charge is 0.322 e. The second-order valence-corrected chi connectivity index (χ2v) is 3.11. The van der Waals surface area contributed by atoms with Crippen molar-refractivity contribution in [1.82, 2.24) is 5.32 Å². The van der Waals surface area contributed by atoms with Crippen molar-refractivity contribution in [2.45, 2.75) is 19.9 Å². The summed E-state index contributed by atoms with van der Waals surface area (Å²) >= 11 is 10.9. The Bertz CT molecular complexity index is 195. The number of ether oxygens (including phenoxy) is 1. The Kier molecular flexibility index (Phi) is 7.04. The van der Waals surface area contributed by atoms with Gasteiger partial charge in [-0.2, -0.15) is 0 Å². The van der Waals surface area contributed by atoms with E-state index in [4.69, 9.17) is 27.9 Å². The molecule has 0 aliphatic carbocycles. The molecule has 0 spiro atoms. The van der Waals surface area contributed by atoms with Crippen LogP contribution in [0.4, 0.5) is 0 Å². The standard InChI is InChI=1S/C8H13Cl2NO2/c1-3-13-8(12)6(2)11-5-7(10)4-9/h4,6,11H,3,5H2,1-2H3. The van der Waals surface area contributed by atoms with Crippen molar-refractivity contribution in [3.05, 3.63) is 10.6 Å². The predicted molar refractivity (Wildman–Crippen MR) is 53.9 cm³/mol. The maximum Gasteiger partial charge on any atom is 0.322 e. The van der Waals surface area contributed by atoms with Crippen LogP contribution in [0.25, 0.3) is 0 Å². The highest BCUT2D eigenvalue weighted by atomic mass is 35.5. The van der Waals surface area contributed by atoms with E-state index in [2.05, 4.69) is 5.32 Å². The first-order valence-corrected chi connectivity index (χ1v) is 4.78. The number of hydrogen-bond acceptors (Lipinski definition) is 3. The van der Waals surface area contributed by atoms with Gasteiger partial charge < -0.3 is 4.74 Å². The zero-order chi connectivity index (χ0) is 10.3. The molecule has 0 aromatic rings. The summed E-state index contributed by atoms with van der Waals surface area (Å²) < 4.78 is 4.77. The van der Waals surface area contributed by atoms with Crippen LogP contribution in [0.2, 0.25) is 0 Å². The number of hydrogen-bond donors (Lipinski definition) is 1. The summed E-state index contributed by atoms with van der Waals surface area (Å²) in [4.78, 5) is 11.1. The van der Waals surface area contributed by atoms with Crippen LogP contribution in [0.5, 0.6) is 0 Å². The minimum atomic E-state index is -0.370. The van der Waals surface area contributed by atoms with E-state index in [0.29, 0.717) is 18.2 Å². The van der Waals surface area contributed by atoms with Gasteiger partial charge >= 0.3 is 5.97 Å². The van der Waals surface area contributed by atoms with Gasteiger partial charge in [-0.05, 0) is 13.8 Å². The van der Waals surface area contributed by atoms with Gasteiger partial charge in [0, 0.05) is 17.1 Å². The van der Waals surface area contributed by atoms with E-state index in [1.54, 1.807) is 13.8 Å². The number of halogens is 2. The lowest BCUT2D eigenvalue weighted by Gasteiger charge is -2.11. The van der Waals surface area contributed by atoms with E-state index in [1.807, 2.05) is 0 Å². The van der Waals surface area contributed by atoms with Gasteiger partial charge in [0.1, 0.15) is 6.04 Å². The minimum absolute atomic E-state index is 0.290.